The molecule has 0 spiro atoms. The van der Waals surface area contributed by atoms with Gasteiger partial charge in [-0.1, -0.05) is 214 Å². The molecule has 0 bridgehead atoms. The SMILES string of the molecule is CC/C=C\C/C=C\C/C=C\C/C=C\C/C=C\C/C=C\CCCCCCCCC(=O)OC(COCCCCCCCCCCCC/C=C\C/C=C\CCCCCCC)COP(=O)([O-])OCC[N+](C)(C)C. The van der Waals surface area contributed by atoms with Crippen LogP contribution in [0, 0.1) is 0 Å². The van der Waals surface area contributed by atoms with Gasteiger partial charge in [0.05, 0.1) is 34.4 Å². The van der Waals surface area contributed by atoms with Crippen molar-refractivity contribution in [2.24, 2.45) is 0 Å². The van der Waals surface area contributed by atoms with E-state index in [4.69, 9.17) is 18.5 Å². The molecule has 398 valence electrons. The number of phosphoric acid groups is 1. The number of rotatable bonds is 51. The van der Waals surface area contributed by atoms with E-state index in [0.717, 1.165) is 89.9 Å². The molecule has 8 nitrogen and oxygen atoms in total. The summed E-state index contributed by atoms with van der Waals surface area (Å²) in [5.74, 6) is -0.352. The van der Waals surface area contributed by atoms with Gasteiger partial charge in [-0.25, -0.2) is 0 Å². The molecule has 0 radical (unpaired) electrons. The minimum absolute atomic E-state index is 0.0172. The Morgan fingerprint density at radius 2 is 0.841 bits per heavy atom. The number of esters is 1. The number of ether oxygens (including phenoxy) is 2. The summed E-state index contributed by atoms with van der Waals surface area (Å²) in [5, 5.41) is 0. The maximum atomic E-state index is 12.8. The quantitative estimate of drug-likeness (QED) is 0.0197. The average Bonchev–Trinajstić information content (AvgIpc) is 3.31. The maximum absolute atomic E-state index is 12.8. The standard InChI is InChI=1S/C60H106NO7P/c1-6-8-10-12-14-16-18-20-22-24-26-28-30-31-32-33-35-37-39-41-43-45-47-49-51-53-60(62)68-59(58-67-69(63,64)66-56-54-61(3,4)5)57-65-55-52-50-48-46-44-42-40-38-36-34-29-27-25-23-21-19-17-15-13-11-9-7-2/h8,10,14,16,19-22,25-28,31-32,35,37,59H,6-7,9,11-13,15,17-18,23-24,29-30,33-34,36,38-58H2,1-5H3/b10-8-,16-14-,21-19-,22-20-,27-25-,28-26-,32-31-,37-35-. The van der Waals surface area contributed by atoms with E-state index >= 15 is 0 Å². The van der Waals surface area contributed by atoms with Crippen LogP contribution in [0.4, 0.5) is 0 Å². The second kappa shape index (κ2) is 51.8. The first-order valence-electron chi connectivity index (χ1n) is 28.0. The van der Waals surface area contributed by atoms with E-state index < -0.39 is 13.9 Å². The minimum atomic E-state index is -4.55. The number of allylic oxidation sites excluding steroid dienone is 16. The monoisotopic (exact) mass is 984 g/mol. The zero-order chi connectivity index (χ0) is 50.5. The first-order chi connectivity index (χ1) is 33.6. The largest absolute Gasteiger partial charge is 0.756 e. The molecule has 2 atom stereocenters. The highest BCUT2D eigenvalue weighted by atomic mass is 31.2. The van der Waals surface area contributed by atoms with Crippen molar-refractivity contribution in [1.82, 2.24) is 0 Å². The van der Waals surface area contributed by atoms with Gasteiger partial charge in [-0.3, -0.25) is 9.36 Å². The van der Waals surface area contributed by atoms with Gasteiger partial charge in [0, 0.05) is 13.0 Å². The lowest BCUT2D eigenvalue weighted by molar-refractivity contribution is -0.870. The molecule has 0 heterocycles. The van der Waals surface area contributed by atoms with E-state index in [2.05, 4.69) is 111 Å². The highest BCUT2D eigenvalue weighted by molar-refractivity contribution is 7.45. The highest BCUT2D eigenvalue weighted by Gasteiger charge is 2.20. The number of quaternary nitrogens is 1. The van der Waals surface area contributed by atoms with Gasteiger partial charge in [-0.15, -0.1) is 0 Å². The van der Waals surface area contributed by atoms with Crippen LogP contribution in [0.3, 0.4) is 0 Å². The normalized spacial score (nSPS) is 14.2. The van der Waals surface area contributed by atoms with Crippen LogP contribution in [0.15, 0.2) is 97.2 Å². The lowest BCUT2D eigenvalue weighted by Crippen LogP contribution is -2.37. The van der Waals surface area contributed by atoms with Crippen molar-refractivity contribution in [3.63, 3.8) is 0 Å². The van der Waals surface area contributed by atoms with Gasteiger partial charge in [-0.2, -0.15) is 0 Å². The molecule has 0 aliphatic rings. The number of hydrogen-bond donors (Lipinski definition) is 0. The van der Waals surface area contributed by atoms with Crippen LogP contribution in [-0.4, -0.2) is 70.7 Å². The summed E-state index contributed by atoms with van der Waals surface area (Å²) < 4.78 is 34.8. The van der Waals surface area contributed by atoms with Crippen LogP contribution in [0.25, 0.3) is 0 Å². The molecule has 2 unspecified atom stereocenters. The lowest BCUT2D eigenvalue weighted by atomic mass is 10.1. The van der Waals surface area contributed by atoms with Gasteiger partial charge < -0.3 is 27.9 Å². The number of hydrogen-bond acceptors (Lipinski definition) is 7. The number of carbonyl (C=O) groups is 1. The topological polar surface area (TPSA) is 94.1 Å². The second-order valence-electron chi connectivity index (χ2n) is 19.6. The number of carbonyl (C=O) groups excluding carboxylic acids is 1. The Balaban J connectivity index is 4.17. The molecule has 0 saturated carbocycles. The van der Waals surface area contributed by atoms with Gasteiger partial charge in [0.2, 0.25) is 0 Å². The third-order valence-corrected chi connectivity index (χ3v) is 12.6. The molecule has 69 heavy (non-hydrogen) atoms. The number of phosphoric ester groups is 1. The second-order valence-corrected chi connectivity index (χ2v) is 21.0. The molecule has 0 rings (SSSR count). The lowest BCUT2D eigenvalue weighted by Gasteiger charge is -2.28. The van der Waals surface area contributed by atoms with Gasteiger partial charge in [0.15, 0.2) is 0 Å². The third kappa shape index (κ3) is 56.2. The van der Waals surface area contributed by atoms with Gasteiger partial charge in [-0.05, 0) is 96.3 Å². The molecule has 0 aliphatic carbocycles. The summed E-state index contributed by atoms with van der Waals surface area (Å²) in [7, 11) is 1.33. The van der Waals surface area contributed by atoms with E-state index in [9.17, 15) is 14.3 Å². The van der Waals surface area contributed by atoms with E-state index in [0.29, 0.717) is 24.1 Å². The predicted molar refractivity (Wildman–Crippen MR) is 295 cm³/mol. The molecule has 0 aromatic carbocycles. The summed E-state index contributed by atoms with van der Waals surface area (Å²) in [6.07, 6.45) is 71.5. The van der Waals surface area contributed by atoms with Crippen LogP contribution in [-0.2, 0) is 27.9 Å². The average molecular weight is 984 g/mol. The van der Waals surface area contributed by atoms with Crippen LogP contribution in [0.5, 0.6) is 0 Å². The molecule has 0 aromatic rings. The van der Waals surface area contributed by atoms with E-state index in [1.54, 1.807) is 0 Å². The van der Waals surface area contributed by atoms with E-state index in [1.165, 1.54) is 109 Å². The number of likely N-dealkylation sites (N-methyl/N-ethyl adjacent to an activating group) is 1. The fourth-order valence-corrected chi connectivity index (χ4v) is 8.07. The van der Waals surface area contributed by atoms with Crippen molar-refractivity contribution in [1.29, 1.82) is 0 Å². The molecule has 0 saturated heterocycles. The summed E-state index contributed by atoms with van der Waals surface area (Å²) in [5.41, 5.74) is 0. The maximum Gasteiger partial charge on any atom is 0.306 e. The Kier molecular flexibility index (Phi) is 49.8. The van der Waals surface area contributed by atoms with Crippen molar-refractivity contribution < 1.29 is 37.3 Å². The fourth-order valence-electron chi connectivity index (χ4n) is 7.35. The molecule has 0 amide bonds. The highest BCUT2D eigenvalue weighted by Crippen LogP contribution is 2.38. The van der Waals surface area contributed by atoms with Crippen molar-refractivity contribution in [2.75, 3.05) is 54.1 Å². The Hall–Kier alpha value is -2.58. The van der Waals surface area contributed by atoms with Gasteiger partial charge in [0.25, 0.3) is 7.82 Å². The summed E-state index contributed by atoms with van der Waals surface area (Å²) in [6, 6.07) is 0. The predicted octanol–water partition coefficient (Wildman–Crippen LogP) is 17.1. The first kappa shape index (κ1) is 66.4. The molecular weight excluding hydrogens is 878 g/mol. The number of unbranched alkanes of at least 4 members (excludes halogenated alkanes) is 21. The van der Waals surface area contributed by atoms with E-state index in [-0.39, 0.29) is 25.8 Å². The minimum Gasteiger partial charge on any atom is -0.756 e. The van der Waals surface area contributed by atoms with Crippen molar-refractivity contribution in [3.8, 4) is 0 Å². The van der Waals surface area contributed by atoms with Gasteiger partial charge in [0.1, 0.15) is 19.3 Å². The Morgan fingerprint density at radius 1 is 0.464 bits per heavy atom. The van der Waals surface area contributed by atoms with Crippen LogP contribution in [0.2, 0.25) is 0 Å². The smallest absolute Gasteiger partial charge is 0.306 e. The first-order valence-corrected chi connectivity index (χ1v) is 29.4. The van der Waals surface area contributed by atoms with E-state index in [1.807, 2.05) is 21.1 Å². The van der Waals surface area contributed by atoms with Crippen molar-refractivity contribution >= 4 is 13.8 Å². The molecule has 0 fully saturated rings. The molecule has 0 aromatic heterocycles. The van der Waals surface area contributed by atoms with Crippen LogP contribution < -0.4 is 4.89 Å². The van der Waals surface area contributed by atoms with Crippen molar-refractivity contribution in [3.05, 3.63) is 97.2 Å². The summed E-state index contributed by atoms with van der Waals surface area (Å²) in [4.78, 5) is 25.3. The third-order valence-electron chi connectivity index (χ3n) is 11.6. The molecule has 9 heteroatoms. The summed E-state index contributed by atoms with van der Waals surface area (Å²) >= 11 is 0. The Bertz CT molecular complexity index is 1420. The Morgan fingerprint density at radius 3 is 1.26 bits per heavy atom. The summed E-state index contributed by atoms with van der Waals surface area (Å²) in [6.45, 7) is 5.26. The van der Waals surface area contributed by atoms with Crippen LogP contribution in [0.1, 0.15) is 219 Å². The zero-order valence-corrected chi connectivity index (χ0v) is 46.1. The van der Waals surface area contributed by atoms with Crippen molar-refractivity contribution in [2.45, 2.75) is 225 Å². The molecular formula is C60H106NO7P. The van der Waals surface area contributed by atoms with Gasteiger partial charge >= 0.3 is 5.97 Å². The van der Waals surface area contributed by atoms with Crippen LogP contribution >= 0.6 is 7.82 Å². The molecule has 0 N–H and O–H groups in total. The zero-order valence-electron chi connectivity index (χ0n) is 45.2. The molecule has 0 aliphatic heterocycles. The Labute approximate surface area is 426 Å². The number of nitrogens with zero attached hydrogens (tertiary/aromatic N) is 1. The fraction of sp³-hybridized carbons (Fsp3) is 0.717.